The number of carboxylic acids is 1. The van der Waals surface area contributed by atoms with Gasteiger partial charge in [0.25, 0.3) is 0 Å². The number of carbonyl (C=O) groups is 1. The molecule has 1 atom stereocenters. The van der Waals surface area contributed by atoms with E-state index >= 15 is 0 Å². The van der Waals surface area contributed by atoms with Gasteiger partial charge in [0.15, 0.2) is 0 Å². The molecule has 6 heteroatoms. The van der Waals surface area contributed by atoms with Gasteiger partial charge in [-0.05, 0) is 32.7 Å². The van der Waals surface area contributed by atoms with E-state index in [1.54, 1.807) is 0 Å². The average Bonchev–Trinajstić information content (AvgIpc) is 2.88. The van der Waals surface area contributed by atoms with Crippen LogP contribution in [0.1, 0.15) is 36.8 Å². The second-order valence-corrected chi connectivity index (χ2v) is 4.48. The second-order valence-electron chi connectivity index (χ2n) is 4.48. The van der Waals surface area contributed by atoms with Crippen molar-refractivity contribution >= 4 is 18.4 Å². The van der Waals surface area contributed by atoms with Crippen LogP contribution in [-0.2, 0) is 17.8 Å². The summed E-state index contributed by atoms with van der Waals surface area (Å²) in [7, 11) is 0. The van der Waals surface area contributed by atoms with E-state index in [-0.39, 0.29) is 18.4 Å². The van der Waals surface area contributed by atoms with Crippen molar-refractivity contribution in [3.05, 3.63) is 17.0 Å². The molecule has 1 N–H and O–H groups in total. The molecule has 1 aliphatic heterocycles. The smallest absolute Gasteiger partial charge is 0.320 e. The van der Waals surface area contributed by atoms with Crippen LogP contribution in [0.4, 0.5) is 0 Å². The van der Waals surface area contributed by atoms with Crippen molar-refractivity contribution < 1.29 is 14.4 Å². The van der Waals surface area contributed by atoms with E-state index in [0.29, 0.717) is 6.54 Å². The van der Waals surface area contributed by atoms with Gasteiger partial charge in [-0.15, -0.1) is 12.4 Å². The van der Waals surface area contributed by atoms with Gasteiger partial charge in [-0.3, -0.25) is 9.69 Å². The zero-order valence-electron chi connectivity index (χ0n) is 10.7. The molecule has 18 heavy (non-hydrogen) atoms. The summed E-state index contributed by atoms with van der Waals surface area (Å²) in [6, 6.07) is -0.353. The van der Waals surface area contributed by atoms with Crippen molar-refractivity contribution in [3.63, 3.8) is 0 Å². The summed E-state index contributed by atoms with van der Waals surface area (Å²) in [5.41, 5.74) is 2.00. The average molecular weight is 275 g/mol. The van der Waals surface area contributed by atoms with Crippen LogP contribution in [0.15, 0.2) is 4.52 Å². The number of aryl methyl sites for hydroxylation is 2. The minimum Gasteiger partial charge on any atom is -0.480 e. The maximum atomic E-state index is 11.1. The molecule has 0 aromatic carbocycles. The Balaban J connectivity index is 0.00000162. The Hall–Kier alpha value is -1.07. The van der Waals surface area contributed by atoms with Crippen molar-refractivity contribution in [2.45, 2.75) is 45.7 Å². The first-order chi connectivity index (χ1) is 8.13. The fourth-order valence-corrected chi connectivity index (χ4v) is 2.42. The largest absolute Gasteiger partial charge is 0.480 e. The van der Waals surface area contributed by atoms with E-state index in [0.717, 1.165) is 42.8 Å². The summed E-state index contributed by atoms with van der Waals surface area (Å²) in [6.07, 6.45) is 2.50. The number of hydrogen-bond acceptors (Lipinski definition) is 4. The highest BCUT2D eigenvalue weighted by Crippen LogP contribution is 2.23. The summed E-state index contributed by atoms with van der Waals surface area (Å²) in [6.45, 7) is 5.38. The minimum absolute atomic E-state index is 0. The quantitative estimate of drug-likeness (QED) is 0.910. The molecule has 1 saturated heterocycles. The third-order valence-electron chi connectivity index (χ3n) is 3.41. The number of halogens is 1. The first-order valence-electron chi connectivity index (χ1n) is 6.04. The molecule has 2 heterocycles. The maximum Gasteiger partial charge on any atom is 0.320 e. The fourth-order valence-electron chi connectivity index (χ4n) is 2.42. The Kier molecular flexibility index (Phi) is 5.16. The van der Waals surface area contributed by atoms with Crippen LogP contribution in [0.5, 0.6) is 0 Å². The Bertz CT molecular complexity index is 419. The molecule has 2 rings (SSSR count). The van der Waals surface area contributed by atoms with Gasteiger partial charge in [0.1, 0.15) is 11.8 Å². The second kappa shape index (κ2) is 6.20. The molecule has 0 spiro atoms. The normalized spacial score (nSPS) is 19.8. The van der Waals surface area contributed by atoms with Gasteiger partial charge in [-0.25, -0.2) is 0 Å². The van der Waals surface area contributed by atoms with Crippen molar-refractivity contribution in [2.24, 2.45) is 0 Å². The van der Waals surface area contributed by atoms with Gasteiger partial charge in [0.05, 0.1) is 5.69 Å². The van der Waals surface area contributed by atoms with Gasteiger partial charge in [0, 0.05) is 12.1 Å². The van der Waals surface area contributed by atoms with Crippen LogP contribution in [0.2, 0.25) is 0 Å². The van der Waals surface area contributed by atoms with Gasteiger partial charge in [-0.1, -0.05) is 12.1 Å². The van der Waals surface area contributed by atoms with Crippen molar-refractivity contribution in [2.75, 3.05) is 6.54 Å². The summed E-state index contributed by atoms with van der Waals surface area (Å²) in [5.74, 6) is 0.0764. The van der Waals surface area contributed by atoms with Crippen molar-refractivity contribution in [3.8, 4) is 0 Å². The molecule has 0 bridgehead atoms. The summed E-state index contributed by atoms with van der Waals surface area (Å²) < 4.78 is 5.17. The molecular weight excluding hydrogens is 256 g/mol. The van der Waals surface area contributed by atoms with E-state index in [2.05, 4.69) is 5.16 Å². The Morgan fingerprint density at radius 2 is 2.33 bits per heavy atom. The van der Waals surface area contributed by atoms with Crippen LogP contribution in [0.25, 0.3) is 0 Å². The number of aromatic nitrogens is 1. The van der Waals surface area contributed by atoms with Gasteiger partial charge < -0.3 is 9.63 Å². The minimum atomic E-state index is -0.727. The first kappa shape index (κ1) is 15.0. The number of likely N-dealkylation sites (tertiary alicyclic amines) is 1. The van der Waals surface area contributed by atoms with E-state index in [4.69, 9.17) is 9.63 Å². The highest BCUT2D eigenvalue weighted by Gasteiger charge is 2.31. The van der Waals surface area contributed by atoms with E-state index in [9.17, 15) is 4.79 Å². The predicted molar refractivity (Wildman–Crippen MR) is 68.9 cm³/mol. The Labute approximate surface area is 113 Å². The number of hydrogen-bond donors (Lipinski definition) is 1. The third kappa shape index (κ3) is 2.84. The summed E-state index contributed by atoms with van der Waals surface area (Å²) in [4.78, 5) is 13.1. The van der Waals surface area contributed by atoms with Crippen LogP contribution in [0.3, 0.4) is 0 Å². The van der Waals surface area contributed by atoms with Crippen LogP contribution in [0, 0.1) is 6.92 Å². The topological polar surface area (TPSA) is 66.6 Å². The Morgan fingerprint density at radius 1 is 1.61 bits per heavy atom. The first-order valence-corrected chi connectivity index (χ1v) is 6.04. The molecule has 0 amide bonds. The highest BCUT2D eigenvalue weighted by molar-refractivity contribution is 5.85. The van der Waals surface area contributed by atoms with Gasteiger partial charge in [0.2, 0.25) is 0 Å². The lowest BCUT2D eigenvalue weighted by molar-refractivity contribution is -0.142. The van der Waals surface area contributed by atoms with E-state index in [1.807, 2.05) is 18.7 Å². The van der Waals surface area contributed by atoms with Crippen LogP contribution in [-0.4, -0.2) is 33.7 Å². The molecule has 0 radical (unpaired) electrons. The maximum absolute atomic E-state index is 11.1. The predicted octanol–water partition coefficient (Wildman–Crippen LogP) is 2.02. The number of carboxylic acid groups (broad SMARTS) is 1. The van der Waals surface area contributed by atoms with Gasteiger partial charge in [-0.2, -0.15) is 0 Å². The molecule has 0 aliphatic carbocycles. The van der Waals surface area contributed by atoms with Gasteiger partial charge >= 0.3 is 5.97 Å². The lowest BCUT2D eigenvalue weighted by Crippen LogP contribution is -2.35. The monoisotopic (exact) mass is 274 g/mol. The molecule has 0 unspecified atom stereocenters. The number of aliphatic carboxylic acids is 1. The third-order valence-corrected chi connectivity index (χ3v) is 3.41. The standard InChI is InChI=1S/C12H18N2O3.ClH/c1-3-10-9(8(2)17-13-10)7-14-6-4-5-11(14)12(15)16;/h11H,3-7H2,1-2H3,(H,15,16);1H/t11-;/m0./s1. The van der Waals surface area contributed by atoms with Crippen molar-refractivity contribution in [1.29, 1.82) is 0 Å². The summed E-state index contributed by atoms with van der Waals surface area (Å²) >= 11 is 0. The molecule has 5 nitrogen and oxygen atoms in total. The lowest BCUT2D eigenvalue weighted by atomic mass is 10.1. The van der Waals surface area contributed by atoms with Crippen molar-refractivity contribution in [1.82, 2.24) is 10.1 Å². The van der Waals surface area contributed by atoms with E-state index < -0.39 is 5.97 Å². The molecule has 1 aliphatic rings. The van der Waals surface area contributed by atoms with E-state index in [1.165, 1.54) is 0 Å². The molecule has 1 fully saturated rings. The molecule has 0 saturated carbocycles. The fraction of sp³-hybridized carbons (Fsp3) is 0.667. The summed E-state index contributed by atoms with van der Waals surface area (Å²) in [5, 5.41) is 13.1. The SMILES string of the molecule is CCc1noc(C)c1CN1CCC[C@H]1C(=O)O.Cl. The zero-order valence-corrected chi connectivity index (χ0v) is 11.5. The highest BCUT2D eigenvalue weighted by atomic mass is 35.5. The number of nitrogens with zero attached hydrogens (tertiary/aromatic N) is 2. The van der Waals surface area contributed by atoms with Crippen LogP contribution < -0.4 is 0 Å². The Morgan fingerprint density at radius 3 is 2.94 bits per heavy atom. The molecule has 1 aromatic rings. The lowest BCUT2D eigenvalue weighted by Gasteiger charge is -2.20. The number of rotatable bonds is 4. The van der Waals surface area contributed by atoms with Crippen LogP contribution >= 0.6 is 12.4 Å². The zero-order chi connectivity index (χ0) is 12.4. The molecule has 1 aromatic heterocycles. The molecule has 102 valence electrons. The molecular formula is C12H19ClN2O3.